The molecule has 0 aliphatic carbocycles. The van der Waals surface area contributed by atoms with Crippen LogP contribution in [0.5, 0.6) is 5.75 Å². The highest BCUT2D eigenvalue weighted by Crippen LogP contribution is 2.24. The number of amides is 1. The highest BCUT2D eigenvalue weighted by atomic mass is 16.5. The zero-order chi connectivity index (χ0) is 21.5. The number of imidazole rings is 1. The van der Waals surface area contributed by atoms with Gasteiger partial charge in [-0.15, -0.1) is 0 Å². The standard InChI is InChI=1S/C24H32N4O2/c1-5-7-9-22-26-21-15-20(27-23(29)10-8-6-2)17(3)25-24(21)28(22)16-18-11-13-19(30-4)14-12-18/h11-15H,5-10,16H2,1-4H3,(H,27,29). The molecule has 0 unspecified atom stereocenters. The Kier molecular flexibility index (Phi) is 7.44. The topological polar surface area (TPSA) is 69.0 Å². The van der Waals surface area contributed by atoms with Crippen molar-refractivity contribution < 1.29 is 9.53 Å². The Morgan fingerprint density at radius 3 is 2.50 bits per heavy atom. The minimum absolute atomic E-state index is 0.0324. The van der Waals surface area contributed by atoms with Gasteiger partial charge < -0.3 is 14.6 Å². The number of nitrogens with zero attached hydrogens (tertiary/aromatic N) is 3. The zero-order valence-electron chi connectivity index (χ0n) is 18.5. The van der Waals surface area contributed by atoms with Crippen LogP contribution in [0.2, 0.25) is 0 Å². The Morgan fingerprint density at radius 1 is 1.10 bits per heavy atom. The molecule has 1 N–H and O–H groups in total. The van der Waals surface area contributed by atoms with E-state index in [1.165, 1.54) is 5.56 Å². The molecule has 0 radical (unpaired) electrons. The van der Waals surface area contributed by atoms with Crippen LogP contribution in [0.3, 0.4) is 0 Å². The van der Waals surface area contributed by atoms with Gasteiger partial charge in [0.25, 0.3) is 0 Å². The molecule has 6 heteroatoms. The summed E-state index contributed by atoms with van der Waals surface area (Å²) in [6.45, 7) is 6.90. The summed E-state index contributed by atoms with van der Waals surface area (Å²) in [6.07, 6.45) is 5.50. The van der Waals surface area contributed by atoms with Gasteiger partial charge in [-0.2, -0.15) is 0 Å². The van der Waals surface area contributed by atoms with Gasteiger partial charge in [-0.05, 0) is 43.5 Å². The zero-order valence-corrected chi connectivity index (χ0v) is 18.5. The number of aromatic nitrogens is 3. The Labute approximate surface area is 178 Å². The fourth-order valence-corrected chi connectivity index (χ4v) is 3.47. The summed E-state index contributed by atoms with van der Waals surface area (Å²) in [5.41, 5.74) is 4.42. The quantitative estimate of drug-likeness (QED) is 0.496. The second-order valence-electron chi connectivity index (χ2n) is 7.68. The highest BCUT2D eigenvalue weighted by Gasteiger charge is 2.16. The number of fused-ring (bicyclic) bond motifs is 1. The lowest BCUT2D eigenvalue weighted by molar-refractivity contribution is -0.116. The van der Waals surface area contributed by atoms with Crippen molar-refractivity contribution in [3.05, 3.63) is 47.4 Å². The second kappa shape index (κ2) is 10.2. The Hall–Kier alpha value is -2.89. The van der Waals surface area contributed by atoms with E-state index in [1.54, 1.807) is 7.11 Å². The molecular weight excluding hydrogens is 376 g/mol. The van der Waals surface area contributed by atoms with E-state index in [9.17, 15) is 4.79 Å². The number of unbranched alkanes of at least 4 members (excludes halogenated alkanes) is 2. The van der Waals surface area contributed by atoms with E-state index in [-0.39, 0.29) is 5.91 Å². The van der Waals surface area contributed by atoms with Gasteiger partial charge in [0.1, 0.15) is 17.1 Å². The van der Waals surface area contributed by atoms with Gasteiger partial charge in [0, 0.05) is 12.8 Å². The lowest BCUT2D eigenvalue weighted by Gasteiger charge is -2.11. The van der Waals surface area contributed by atoms with E-state index in [0.29, 0.717) is 13.0 Å². The SMILES string of the molecule is CCCCC(=O)Nc1cc2nc(CCCC)n(Cc3ccc(OC)cc3)c2nc1C. The molecule has 3 rings (SSSR count). The number of carbonyl (C=O) groups is 1. The molecule has 0 bridgehead atoms. The molecule has 1 aromatic carbocycles. The number of hydrogen-bond acceptors (Lipinski definition) is 4. The molecule has 0 saturated carbocycles. The number of ether oxygens (including phenoxy) is 1. The van der Waals surface area contributed by atoms with Crippen molar-refractivity contribution in [1.82, 2.24) is 14.5 Å². The van der Waals surface area contributed by atoms with Crippen LogP contribution in [0.4, 0.5) is 5.69 Å². The van der Waals surface area contributed by atoms with Crippen molar-refractivity contribution in [2.45, 2.75) is 65.8 Å². The van der Waals surface area contributed by atoms with E-state index in [1.807, 2.05) is 25.1 Å². The fraction of sp³-hybridized carbons (Fsp3) is 0.458. The molecule has 0 aliphatic rings. The number of anilines is 1. The van der Waals surface area contributed by atoms with E-state index in [0.717, 1.165) is 66.2 Å². The highest BCUT2D eigenvalue weighted by molar-refractivity contribution is 5.93. The molecular formula is C24H32N4O2. The number of rotatable bonds is 10. The van der Waals surface area contributed by atoms with Crippen molar-refractivity contribution in [1.29, 1.82) is 0 Å². The first-order chi connectivity index (χ1) is 14.5. The summed E-state index contributed by atoms with van der Waals surface area (Å²) < 4.78 is 7.47. The van der Waals surface area contributed by atoms with Gasteiger partial charge in [0.05, 0.1) is 25.0 Å². The first-order valence-corrected chi connectivity index (χ1v) is 10.8. The van der Waals surface area contributed by atoms with Gasteiger partial charge >= 0.3 is 0 Å². The molecule has 0 saturated heterocycles. The summed E-state index contributed by atoms with van der Waals surface area (Å²) in [5, 5.41) is 3.01. The van der Waals surface area contributed by atoms with Crippen molar-refractivity contribution in [2.75, 3.05) is 12.4 Å². The first kappa shape index (κ1) is 21.8. The van der Waals surface area contributed by atoms with Crippen LogP contribution in [0.1, 0.15) is 63.0 Å². The van der Waals surface area contributed by atoms with Gasteiger partial charge in [0.2, 0.25) is 5.91 Å². The van der Waals surface area contributed by atoms with Gasteiger partial charge in [-0.3, -0.25) is 4.79 Å². The van der Waals surface area contributed by atoms with E-state index >= 15 is 0 Å². The Morgan fingerprint density at radius 2 is 1.83 bits per heavy atom. The lowest BCUT2D eigenvalue weighted by atomic mass is 10.2. The third kappa shape index (κ3) is 5.17. The fourth-order valence-electron chi connectivity index (χ4n) is 3.47. The number of carbonyl (C=O) groups excluding carboxylic acids is 1. The monoisotopic (exact) mass is 408 g/mol. The molecule has 2 heterocycles. The largest absolute Gasteiger partial charge is 0.497 e. The summed E-state index contributed by atoms with van der Waals surface area (Å²) in [5.74, 6) is 1.91. The summed E-state index contributed by atoms with van der Waals surface area (Å²) in [4.78, 5) is 21.9. The van der Waals surface area contributed by atoms with Gasteiger partial charge in [-0.1, -0.05) is 38.8 Å². The molecule has 160 valence electrons. The van der Waals surface area contributed by atoms with Gasteiger partial charge in [-0.25, -0.2) is 9.97 Å². The minimum atomic E-state index is 0.0324. The predicted molar refractivity (Wildman–Crippen MR) is 121 cm³/mol. The minimum Gasteiger partial charge on any atom is -0.497 e. The molecule has 0 fully saturated rings. The molecule has 1 amide bonds. The molecule has 0 aliphatic heterocycles. The van der Waals surface area contributed by atoms with Crippen LogP contribution in [-0.2, 0) is 17.8 Å². The van der Waals surface area contributed by atoms with Crippen molar-refractivity contribution in [2.24, 2.45) is 0 Å². The molecule has 6 nitrogen and oxygen atoms in total. The predicted octanol–water partition coefficient (Wildman–Crippen LogP) is 5.27. The second-order valence-corrected chi connectivity index (χ2v) is 7.68. The maximum Gasteiger partial charge on any atom is 0.224 e. The van der Waals surface area contributed by atoms with Crippen LogP contribution in [-0.4, -0.2) is 27.6 Å². The van der Waals surface area contributed by atoms with Crippen LogP contribution in [0, 0.1) is 6.92 Å². The molecule has 0 atom stereocenters. The number of benzene rings is 1. The van der Waals surface area contributed by atoms with Crippen LogP contribution in [0.25, 0.3) is 11.2 Å². The van der Waals surface area contributed by atoms with Gasteiger partial charge in [0.15, 0.2) is 5.65 Å². The number of hydrogen-bond donors (Lipinski definition) is 1. The molecule has 30 heavy (non-hydrogen) atoms. The number of pyridine rings is 1. The van der Waals surface area contributed by atoms with Crippen molar-refractivity contribution in [3.63, 3.8) is 0 Å². The van der Waals surface area contributed by atoms with E-state index < -0.39 is 0 Å². The Balaban J connectivity index is 1.94. The first-order valence-electron chi connectivity index (χ1n) is 10.8. The normalized spacial score (nSPS) is 11.1. The average molecular weight is 409 g/mol. The lowest BCUT2D eigenvalue weighted by Crippen LogP contribution is -2.13. The molecule has 2 aromatic heterocycles. The molecule has 3 aromatic rings. The summed E-state index contributed by atoms with van der Waals surface area (Å²) in [6, 6.07) is 10.1. The third-order valence-electron chi connectivity index (χ3n) is 5.28. The van der Waals surface area contributed by atoms with Crippen LogP contribution in [0.15, 0.2) is 30.3 Å². The number of nitrogens with one attached hydrogen (secondary N) is 1. The van der Waals surface area contributed by atoms with Crippen molar-refractivity contribution in [3.8, 4) is 5.75 Å². The third-order valence-corrected chi connectivity index (χ3v) is 5.28. The maximum absolute atomic E-state index is 12.2. The Bertz CT molecular complexity index is 993. The van der Waals surface area contributed by atoms with Crippen LogP contribution >= 0.6 is 0 Å². The average Bonchev–Trinajstić information content (AvgIpc) is 3.07. The van der Waals surface area contributed by atoms with Crippen LogP contribution < -0.4 is 10.1 Å². The summed E-state index contributed by atoms with van der Waals surface area (Å²) in [7, 11) is 1.67. The van der Waals surface area contributed by atoms with E-state index in [4.69, 9.17) is 14.7 Å². The van der Waals surface area contributed by atoms with Crippen molar-refractivity contribution >= 4 is 22.8 Å². The van der Waals surface area contributed by atoms with E-state index in [2.05, 4.69) is 35.9 Å². The summed E-state index contributed by atoms with van der Waals surface area (Å²) >= 11 is 0. The smallest absolute Gasteiger partial charge is 0.224 e. The number of methoxy groups -OCH3 is 1. The maximum atomic E-state index is 12.2. The molecule has 0 spiro atoms. The number of aryl methyl sites for hydroxylation is 2.